The minimum Gasteiger partial charge on any atom is -0.378 e. The van der Waals surface area contributed by atoms with Crippen molar-refractivity contribution in [3.63, 3.8) is 0 Å². The Bertz CT molecular complexity index is 1010. The van der Waals surface area contributed by atoms with Crippen LogP contribution in [0.4, 0.5) is 16.2 Å². The van der Waals surface area contributed by atoms with E-state index in [1.807, 2.05) is 4.90 Å². The second-order valence-electron chi connectivity index (χ2n) is 9.90. The predicted molar refractivity (Wildman–Crippen MR) is 130 cm³/mol. The maximum Gasteiger partial charge on any atom is 0.344 e. The molecule has 182 valence electrons. The highest BCUT2D eigenvalue weighted by Gasteiger charge is 2.47. The predicted octanol–water partition coefficient (Wildman–Crippen LogP) is 2.27. The Morgan fingerprint density at radius 2 is 1.74 bits per heavy atom. The Labute approximate surface area is 200 Å². The maximum absolute atomic E-state index is 12.8. The molecule has 0 bridgehead atoms. The van der Waals surface area contributed by atoms with Crippen molar-refractivity contribution < 1.29 is 14.3 Å². The monoisotopic (exact) mass is 466 g/mol. The molecule has 2 amide bonds. The topological polar surface area (TPSA) is 74.2 Å². The minimum atomic E-state index is -0.114. The van der Waals surface area contributed by atoms with Gasteiger partial charge in [0.15, 0.2) is 0 Å². The lowest BCUT2D eigenvalue weighted by molar-refractivity contribution is -0.116. The van der Waals surface area contributed by atoms with Gasteiger partial charge in [0, 0.05) is 57.8 Å². The second-order valence-corrected chi connectivity index (χ2v) is 9.90. The van der Waals surface area contributed by atoms with Crippen molar-refractivity contribution >= 4 is 23.3 Å². The molecule has 9 heteroatoms. The van der Waals surface area contributed by atoms with Crippen LogP contribution < -0.4 is 9.80 Å². The third-order valence-corrected chi connectivity index (χ3v) is 7.58. The van der Waals surface area contributed by atoms with Gasteiger partial charge in [-0.05, 0) is 43.6 Å². The molecule has 3 fully saturated rings. The summed E-state index contributed by atoms with van der Waals surface area (Å²) in [6.07, 6.45) is 5.41. The van der Waals surface area contributed by atoms with E-state index in [4.69, 9.17) is 4.74 Å². The van der Waals surface area contributed by atoms with Crippen LogP contribution >= 0.6 is 0 Å². The SMILES string of the molecule is CC(=O)N(C)c1cnn(C(=O)N2CC3(CCN(Cc4ccc(N5CCOCC5)cc4)CC3)C2)c1. The fourth-order valence-electron chi connectivity index (χ4n) is 5.21. The summed E-state index contributed by atoms with van der Waals surface area (Å²) in [7, 11) is 1.68. The van der Waals surface area contributed by atoms with Gasteiger partial charge in [-0.15, -0.1) is 0 Å². The number of anilines is 2. The van der Waals surface area contributed by atoms with E-state index in [1.165, 1.54) is 27.8 Å². The molecule has 1 spiro atoms. The number of benzene rings is 1. The number of carbonyl (C=O) groups excluding carboxylic acids is 2. The Morgan fingerprint density at radius 1 is 1.06 bits per heavy atom. The van der Waals surface area contributed by atoms with Gasteiger partial charge in [-0.2, -0.15) is 9.78 Å². The first-order valence-electron chi connectivity index (χ1n) is 12.1. The zero-order chi connectivity index (χ0) is 23.7. The van der Waals surface area contributed by atoms with E-state index >= 15 is 0 Å². The van der Waals surface area contributed by atoms with Crippen LogP contribution in [0.2, 0.25) is 0 Å². The second kappa shape index (κ2) is 9.38. The number of hydrogen-bond donors (Lipinski definition) is 0. The standard InChI is InChI=1S/C25H34N6O3/c1-20(32)27(2)23-15-26-31(17-23)24(33)30-18-25(19-30)7-9-28(10-8-25)16-21-3-5-22(6-4-21)29-11-13-34-14-12-29/h3-6,15,17H,7-14,16,18-19H2,1-2H3. The first kappa shape index (κ1) is 22.9. The van der Waals surface area contributed by atoms with Gasteiger partial charge in [-0.25, -0.2) is 4.79 Å². The van der Waals surface area contributed by atoms with Gasteiger partial charge in [0.2, 0.25) is 5.91 Å². The summed E-state index contributed by atoms with van der Waals surface area (Å²) in [5.74, 6) is -0.0882. The van der Waals surface area contributed by atoms with E-state index in [9.17, 15) is 9.59 Å². The average molecular weight is 467 g/mol. The molecule has 0 unspecified atom stereocenters. The lowest BCUT2D eigenvalue weighted by atomic mass is 9.72. The van der Waals surface area contributed by atoms with Crippen molar-refractivity contribution in [3.05, 3.63) is 42.2 Å². The number of carbonyl (C=O) groups is 2. The highest BCUT2D eigenvalue weighted by atomic mass is 16.5. The highest BCUT2D eigenvalue weighted by Crippen LogP contribution is 2.41. The summed E-state index contributed by atoms with van der Waals surface area (Å²) in [4.78, 5) is 32.6. The summed E-state index contributed by atoms with van der Waals surface area (Å²) in [6.45, 7) is 9.69. The van der Waals surface area contributed by atoms with Crippen LogP contribution in [0.15, 0.2) is 36.7 Å². The zero-order valence-electron chi connectivity index (χ0n) is 20.2. The number of rotatable bonds is 4. The summed E-state index contributed by atoms with van der Waals surface area (Å²) in [5.41, 5.74) is 3.49. The molecular formula is C25H34N6O3. The van der Waals surface area contributed by atoms with Gasteiger partial charge < -0.3 is 19.4 Å². The number of piperidine rings is 1. The van der Waals surface area contributed by atoms with Gasteiger partial charge in [0.25, 0.3) is 0 Å². The van der Waals surface area contributed by atoms with Crippen LogP contribution in [0.3, 0.4) is 0 Å². The fraction of sp³-hybridized carbons (Fsp3) is 0.560. The Balaban J connectivity index is 1.09. The molecule has 0 radical (unpaired) electrons. The van der Waals surface area contributed by atoms with E-state index in [2.05, 4.69) is 39.2 Å². The lowest BCUT2D eigenvalue weighted by Crippen LogP contribution is -2.62. The normalized spacial score (nSPS) is 20.3. The van der Waals surface area contributed by atoms with Crippen LogP contribution in [-0.4, -0.2) is 91.0 Å². The molecule has 2 aromatic rings. The number of ether oxygens (including phenoxy) is 1. The molecule has 4 heterocycles. The number of aromatic nitrogens is 2. The zero-order valence-corrected chi connectivity index (χ0v) is 20.2. The van der Waals surface area contributed by atoms with Gasteiger partial charge in [0.1, 0.15) is 0 Å². The molecular weight excluding hydrogens is 432 g/mol. The van der Waals surface area contributed by atoms with Crippen molar-refractivity contribution in [2.75, 3.05) is 69.3 Å². The molecule has 0 N–H and O–H groups in total. The molecule has 0 atom stereocenters. The number of nitrogens with zero attached hydrogens (tertiary/aromatic N) is 6. The summed E-state index contributed by atoms with van der Waals surface area (Å²) < 4.78 is 6.79. The molecule has 5 rings (SSSR count). The molecule has 9 nitrogen and oxygen atoms in total. The lowest BCUT2D eigenvalue weighted by Gasteiger charge is -2.53. The summed E-state index contributed by atoms with van der Waals surface area (Å²) in [6, 6.07) is 8.85. The van der Waals surface area contributed by atoms with E-state index in [0.717, 1.165) is 71.9 Å². The Hall–Kier alpha value is -2.91. The quantitative estimate of drug-likeness (QED) is 0.688. The first-order chi connectivity index (χ1) is 16.4. The van der Waals surface area contributed by atoms with Crippen LogP contribution in [-0.2, 0) is 16.1 Å². The van der Waals surface area contributed by atoms with Gasteiger partial charge in [-0.3, -0.25) is 9.69 Å². The number of likely N-dealkylation sites (tertiary alicyclic amines) is 2. The average Bonchev–Trinajstić information content (AvgIpc) is 3.33. The van der Waals surface area contributed by atoms with Gasteiger partial charge >= 0.3 is 6.03 Å². The molecule has 1 aromatic carbocycles. The molecule has 3 saturated heterocycles. The maximum atomic E-state index is 12.8. The third kappa shape index (κ3) is 4.67. The van der Waals surface area contributed by atoms with Gasteiger partial charge in [-0.1, -0.05) is 12.1 Å². The molecule has 34 heavy (non-hydrogen) atoms. The van der Waals surface area contributed by atoms with Crippen LogP contribution in [0.5, 0.6) is 0 Å². The summed E-state index contributed by atoms with van der Waals surface area (Å²) >= 11 is 0. The van der Waals surface area contributed by atoms with Crippen LogP contribution in [0, 0.1) is 5.41 Å². The number of morpholine rings is 1. The number of hydrogen-bond acceptors (Lipinski definition) is 6. The fourth-order valence-corrected chi connectivity index (χ4v) is 5.21. The van der Waals surface area contributed by atoms with Crippen molar-refractivity contribution in [1.82, 2.24) is 19.6 Å². The summed E-state index contributed by atoms with van der Waals surface area (Å²) in [5, 5.41) is 4.17. The molecule has 0 saturated carbocycles. The van der Waals surface area contributed by atoms with Crippen molar-refractivity contribution in [2.45, 2.75) is 26.3 Å². The van der Waals surface area contributed by atoms with Crippen LogP contribution in [0.25, 0.3) is 0 Å². The number of amides is 2. The van der Waals surface area contributed by atoms with Crippen molar-refractivity contribution in [2.24, 2.45) is 5.41 Å². The third-order valence-electron chi connectivity index (χ3n) is 7.58. The molecule has 0 aliphatic carbocycles. The van der Waals surface area contributed by atoms with Crippen LogP contribution in [0.1, 0.15) is 25.3 Å². The van der Waals surface area contributed by atoms with E-state index < -0.39 is 0 Å². The van der Waals surface area contributed by atoms with E-state index in [-0.39, 0.29) is 17.4 Å². The Kier molecular flexibility index (Phi) is 6.31. The van der Waals surface area contributed by atoms with E-state index in [0.29, 0.717) is 5.69 Å². The minimum absolute atomic E-state index is 0.0882. The van der Waals surface area contributed by atoms with E-state index in [1.54, 1.807) is 19.4 Å². The van der Waals surface area contributed by atoms with Crippen molar-refractivity contribution in [1.29, 1.82) is 0 Å². The van der Waals surface area contributed by atoms with Gasteiger partial charge in [0.05, 0.1) is 31.3 Å². The smallest absolute Gasteiger partial charge is 0.344 e. The highest BCUT2D eigenvalue weighted by molar-refractivity contribution is 5.91. The molecule has 3 aliphatic heterocycles. The molecule has 3 aliphatic rings. The largest absolute Gasteiger partial charge is 0.378 e. The van der Waals surface area contributed by atoms with Crippen molar-refractivity contribution in [3.8, 4) is 0 Å². The Morgan fingerprint density at radius 3 is 2.38 bits per heavy atom. The molecule has 1 aromatic heterocycles. The first-order valence-corrected chi connectivity index (χ1v) is 12.1.